The van der Waals surface area contributed by atoms with Crippen molar-refractivity contribution in [1.29, 1.82) is 0 Å². The van der Waals surface area contributed by atoms with Gasteiger partial charge in [0.25, 0.3) is 0 Å². The predicted molar refractivity (Wildman–Crippen MR) is 66.5 cm³/mol. The van der Waals surface area contributed by atoms with E-state index in [0.29, 0.717) is 5.82 Å². The lowest BCUT2D eigenvalue weighted by Gasteiger charge is -2.05. The molecule has 0 saturated heterocycles. The second-order valence-electron chi connectivity index (χ2n) is 3.43. The molecule has 0 amide bonds. The number of aromatic nitrogens is 1. The van der Waals surface area contributed by atoms with Crippen LogP contribution in [0.15, 0.2) is 40.9 Å². The van der Waals surface area contributed by atoms with E-state index >= 15 is 0 Å². The van der Waals surface area contributed by atoms with Gasteiger partial charge in [0, 0.05) is 10.0 Å². The van der Waals surface area contributed by atoms with Crippen LogP contribution in [0.2, 0.25) is 0 Å². The highest BCUT2D eigenvalue weighted by atomic mass is 79.9. The number of halogens is 1. The Labute approximate surface area is 97.3 Å². The molecule has 1 aromatic carbocycles. The van der Waals surface area contributed by atoms with Crippen LogP contribution >= 0.6 is 15.9 Å². The van der Waals surface area contributed by atoms with Crippen LogP contribution in [0.3, 0.4) is 0 Å². The highest BCUT2D eigenvalue weighted by Gasteiger charge is 2.04. The monoisotopic (exact) mass is 262 g/mol. The number of aryl methyl sites for hydroxylation is 1. The molecule has 3 heteroatoms. The fourth-order valence-electron chi connectivity index (χ4n) is 1.37. The number of nitrogens with zero attached hydrogens (tertiary/aromatic N) is 1. The maximum atomic E-state index is 5.66. The highest BCUT2D eigenvalue weighted by molar-refractivity contribution is 9.10. The molecule has 0 aliphatic carbocycles. The Balaban J connectivity index is 2.53. The van der Waals surface area contributed by atoms with E-state index < -0.39 is 0 Å². The van der Waals surface area contributed by atoms with Gasteiger partial charge in [-0.2, -0.15) is 0 Å². The van der Waals surface area contributed by atoms with Crippen molar-refractivity contribution in [3.8, 4) is 11.3 Å². The number of anilines is 1. The summed E-state index contributed by atoms with van der Waals surface area (Å²) in [5.74, 6) is 0.536. The van der Waals surface area contributed by atoms with Crippen molar-refractivity contribution in [2.24, 2.45) is 0 Å². The van der Waals surface area contributed by atoms with E-state index in [-0.39, 0.29) is 0 Å². The van der Waals surface area contributed by atoms with Crippen molar-refractivity contribution in [2.75, 3.05) is 5.73 Å². The second-order valence-corrected chi connectivity index (χ2v) is 4.29. The molecule has 0 atom stereocenters. The summed E-state index contributed by atoms with van der Waals surface area (Å²) >= 11 is 3.47. The van der Waals surface area contributed by atoms with Crippen LogP contribution in [-0.4, -0.2) is 4.98 Å². The van der Waals surface area contributed by atoms with E-state index in [9.17, 15) is 0 Å². The molecule has 0 aliphatic rings. The summed E-state index contributed by atoms with van der Waals surface area (Å²) in [4.78, 5) is 4.30. The average molecular weight is 263 g/mol. The Bertz CT molecular complexity index is 477. The fraction of sp³-hybridized carbons (Fsp3) is 0.0833. The zero-order valence-electron chi connectivity index (χ0n) is 8.37. The van der Waals surface area contributed by atoms with E-state index in [2.05, 4.69) is 40.0 Å². The van der Waals surface area contributed by atoms with Crippen LogP contribution < -0.4 is 5.73 Å². The first-order valence-electron chi connectivity index (χ1n) is 4.66. The predicted octanol–water partition coefficient (Wildman–Crippen LogP) is 3.40. The van der Waals surface area contributed by atoms with Crippen molar-refractivity contribution >= 4 is 21.7 Å². The lowest BCUT2D eigenvalue weighted by molar-refractivity contribution is 1.31. The molecule has 0 spiro atoms. The molecule has 1 heterocycles. The van der Waals surface area contributed by atoms with Crippen molar-refractivity contribution in [2.45, 2.75) is 6.92 Å². The van der Waals surface area contributed by atoms with Crippen molar-refractivity contribution in [3.05, 3.63) is 46.4 Å². The van der Waals surface area contributed by atoms with Gasteiger partial charge in [0.15, 0.2) is 0 Å². The summed E-state index contributed by atoms with van der Waals surface area (Å²) in [6, 6.07) is 11.9. The van der Waals surface area contributed by atoms with Crippen LogP contribution in [0.1, 0.15) is 5.56 Å². The summed E-state index contributed by atoms with van der Waals surface area (Å²) < 4.78 is 0.959. The Hall–Kier alpha value is -1.35. The number of rotatable bonds is 1. The van der Waals surface area contributed by atoms with Gasteiger partial charge in [0.05, 0.1) is 5.69 Å². The molecule has 15 heavy (non-hydrogen) atoms. The van der Waals surface area contributed by atoms with Crippen LogP contribution in [-0.2, 0) is 0 Å². The third kappa shape index (κ3) is 2.18. The fourth-order valence-corrected chi connectivity index (χ4v) is 1.82. The minimum atomic E-state index is 0.536. The molecule has 2 rings (SSSR count). The molecule has 0 unspecified atom stereocenters. The average Bonchev–Trinajstić information content (AvgIpc) is 2.23. The molecule has 0 saturated carbocycles. The summed E-state index contributed by atoms with van der Waals surface area (Å²) in [5.41, 5.74) is 8.85. The molecule has 76 valence electrons. The first kappa shape index (κ1) is 10.2. The van der Waals surface area contributed by atoms with Crippen LogP contribution in [0.5, 0.6) is 0 Å². The summed E-state index contributed by atoms with van der Waals surface area (Å²) in [6.07, 6.45) is 0. The summed E-state index contributed by atoms with van der Waals surface area (Å²) in [6.45, 7) is 2.06. The molecule has 1 aromatic heterocycles. The van der Waals surface area contributed by atoms with Crippen molar-refractivity contribution < 1.29 is 0 Å². The van der Waals surface area contributed by atoms with Gasteiger partial charge in [-0.15, -0.1) is 0 Å². The first-order chi connectivity index (χ1) is 7.16. The van der Waals surface area contributed by atoms with E-state index in [1.165, 1.54) is 5.56 Å². The maximum absolute atomic E-state index is 5.66. The van der Waals surface area contributed by atoms with Gasteiger partial charge in [0.1, 0.15) is 5.82 Å². The van der Waals surface area contributed by atoms with E-state index in [1.54, 1.807) is 6.07 Å². The van der Waals surface area contributed by atoms with Gasteiger partial charge in [-0.25, -0.2) is 4.98 Å². The van der Waals surface area contributed by atoms with Crippen LogP contribution in [0, 0.1) is 6.92 Å². The summed E-state index contributed by atoms with van der Waals surface area (Å²) in [7, 11) is 0. The zero-order chi connectivity index (χ0) is 10.8. The maximum Gasteiger partial charge on any atom is 0.124 e. The Morgan fingerprint density at radius 3 is 2.40 bits per heavy atom. The van der Waals surface area contributed by atoms with E-state index in [0.717, 1.165) is 15.7 Å². The SMILES string of the molecule is Cc1ccc(-c2nc(N)ccc2Br)cc1. The molecular weight excluding hydrogens is 252 g/mol. The van der Waals surface area contributed by atoms with Crippen LogP contribution in [0.25, 0.3) is 11.3 Å². The summed E-state index contributed by atoms with van der Waals surface area (Å²) in [5, 5.41) is 0. The first-order valence-corrected chi connectivity index (χ1v) is 5.45. The topological polar surface area (TPSA) is 38.9 Å². The second kappa shape index (κ2) is 4.03. The van der Waals surface area contributed by atoms with Gasteiger partial charge in [-0.05, 0) is 35.0 Å². The number of nitrogen functional groups attached to an aromatic ring is 1. The number of benzene rings is 1. The number of nitrogens with two attached hydrogens (primary N) is 1. The van der Waals surface area contributed by atoms with Gasteiger partial charge < -0.3 is 5.73 Å². The Morgan fingerprint density at radius 1 is 1.07 bits per heavy atom. The molecule has 2 nitrogen and oxygen atoms in total. The Kier molecular flexibility index (Phi) is 2.73. The van der Waals surface area contributed by atoms with Gasteiger partial charge in [-0.3, -0.25) is 0 Å². The lowest BCUT2D eigenvalue weighted by Crippen LogP contribution is -1.92. The minimum Gasteiger partial charge on any atom is -0.384 e. The molecule has 2 aromatic rings. The highest BCUT2D eigenvalue weighted by Crippen LogP contribution is 2.27. The van der Waals surface area contributed by atoms with Gasteiger partial charge in [0.2, 0.25) is 0 Å². The van der Waals surface area contributed by atoms with Gasteiger partial charge >= 0.3 is 0 Å². The normalized spacial score (nSPS) is 10.3. The number of hydrogen-bond donors (Lipinski definition) is 1. The lowest BCUT2D eigenvalue weighted by atomic mass is 10.1. The Morgan fingerprint density at radius 2 is 1.73 bits per heavy atom. The van der Waals surface area contributed by atoms with Gasteiger partial charge in [-0.1, -0.05) is 29.8 Å². The quantitative estimate of drug-likeness (QED) is 0.856. The number of pyridine rings is 1. The third-order valence-corrected chi connectivity index (χ3v) is 2.83. The third-order valence-electron chi connectivity index (χ3n) is 2.19. The standard InChI is InChI=1S/C12H11BrN2/c1-8-2-4-9(5-3-8)12-10(13)6-7-11(14)15-12/h2-7H,1H3,(H2,14,15). The number of hydrogen-bond acceptors (Lipinski definition) is 2. The minimum absolute atomic E-state index is 0.536. The molecule has 0 aliphatic heterocycles. The smallest absolute Gasteiger partial charge is 0.124 e. The zero-order valence-corrected chi connectivity index (χ0v) is 9.95. The van der Waals surface area contributed by atoms with Crippen molar-refractivity contribution in [3.63, 3.8) is 0 Å². The van der Waals surface area contributed by atoms with Crippen molar-refractivity contribution in [1.82, 2.24) is 4.98 Å². The molecule has 0 radical (unpaired) electrons. The molecular formula is C12H11BrN2. The van der Waals surface area contributed by atoms with Crippen LogP contribution in [0.4, 0.5) is 5.82 Å². The largest absolute Gasteiger partial charge is 0.384 e. The van der Waals surface area contributed by atoms with E-state index in [1.807, 2.05) is 18.2 Å². The molecule has 0 bridgehead atoms. The molecule has 2 N–H and O–H groups in total. The molecule has 0 fully saturated rings. The van der Waals surface area contributed by atoms with E-state index in [4.69, 9.17) is 5.73 Å².